The predicted octanol–water partition coefficient (Wildman–Crippen LogP) is 3.25. The number of imidazole rings is 1. The molecule has 4 aromatic rings. The van der Waals surface area contributed by atoms with Gasteiger partial charge in [-0.3, -0.25) is 14.0 Å². The number of piperazine rings is 1. The molecule has 2 fully saturated rings. The van der Waals surface area contributed by atoms with E-state index in [1.165, 1.54) is 28.9 Å². The summed E-state index contributed by atoms with van der Waals surface area (Å²) in [7, 11) is 0. The van der Waals surface area contributed by atoms with Crippen LogP contribution in [0, 0.1) is 23.0 Å². The highest BCUT2D eigenvalue weighted by Gasteiger charge is 2.29. The molecule has 2 saturated heterocycles. The van der Waals surface area contributed by atoms with Gasteiger partial charge in [0, 0.05) is 51.5 Å². The molecule has 14 heteroatoms. The number of piperidine rings is 1. The molecular formula is C32H33F2N9O3. The van der Waals surface area contributed by atoms with Crippen molar-refractivity contribution in [1.29, 1.82) is 5.26 Å². The zero-order valence-electron chi connectivity index (χ0n) is 25.1. The molecule has 46 heavy (non-hydrogen) atoms. The van der Waals surface area contributed by atoms with Gasteiger partial charge < -0.3 is 24.8 Å². The average molecular weight is 630 g/mol. The van der Waals surface area contributed by atoms with Crippen LogP contribution in [0.1, 0.15) is 24.8 Å². The van der Waals surface area contributed by atoms with Gasteiger partial charge >= 0.3 is 0 Å². The quantitative estimate of drug-likeness (QED) is 0.296. The molecule has 3 aromatic heterocycles. The number of nitriles is 1. The summed E-state index contributed by atoms with van der Waals surface area (Å²) in [5.74, 6) is -1.46. The first-order valence-corrected chi connectivity index (χ1v) is 15.2. The fourth-order valence-electron chi connectivity index (χ4n) is 5.76. The number of carbonyl (C=O) groups is 2. The van der Waals surface area contributed by atoms with Crippen molar-refractivity contribution in [2.45, 2.75) is 31.9 Å². The summed E-state index contributed by atoms with van der Waals surface area (Å²) in [6.45, 7) is 2.41. The van der Waals surface area contributed by atoms with E-state index >= 15 is 4.39 Å². The number of likely N-dealkylation sites (tertiary alicyclic amines) is 1. The second-order valence-electron chi connectivity index (χ2n) is 11.3. The molecule has 0 radical (unpaired) electrons. The molecule has 0 saturated carbocycles. The third-order valence-electron chi connectivity index (χ3n) is 8.15. The molecule has 2 aliphatic rings. The SMILES string of the molecule is N#CCC(=O)N1CCC[C@@H](Nc2nc(-c3cnc4ccc(F)cn34)nc(N3CCN(C(=O)COCc4ccccc4)CC3)c2F)C1. The number of hydrogen-bond donors (Lipinski definition) is 1. The van der Waals surface area contributed by atoms with Crippen LogP contribution in [0.2, 0.25) is 0 Å². The van der Waals surface area contributed by atoms with Gasteiger partial charge in [-0.1, -0.05) is 30.3 Å². The first-order chi connectivity index (χ1) is 22.4. The number of anilines is 2. The number of ether oxygens (including phenoxy) is 1. The average Bonchev–Trinajstić information content (AvgIpc) is 3.49. The first kappa shape index (κ1) is 30.8. The zero-order chi connectivity index (χ0) is 32.0. The van der Waals surface area contributed by atoms with Gasteiger partial charge in [-0.2, -0.15) is 9.65 Å². The maximum Gasteiger partial charge on any atom is 0.248 e. The van der Waals surface area contributed by atoms with Crippen molar-refractivity contribution in [2.75, 3.05) is 56.1 Å². The van der Waals surface area contributed by atoms with E-state index in [0.717, 1.165) is 5.56 Å². The molecule has 6 rings (SSSR count). The standard InChI is InChI=1S/C32H33F2N9O3/c33-23-8-9-26-36-17-25(43(26)18-23)30-38-31(37-24-7-4-12-42(19-24)27(44)10-11-35)29(34)32(39-30)41-15-13-40(14-16-41)28(45)21-46-20-22-5-2-1-3-6-22/h1-3,5-6,8-9,17-18,24H,4,7,10,12-16,19-21H2,(H,37,38,39)/t24-/m1/s1. The monoisotopic (exact) mass is 629 g/mol. The highest BCUT2D eigenvalue weighted by molar-refractivity contribution is 5.78. The normalized spacial score (nSPS) is 16.8. The third kappa shape index (κ3) is 6.89. The Balaban J connectivity index is 1.21. The summed E-state index contributed by atoms with van der Waals surface area (Å²) in [4.78, 5) is 43.7. The molecule has 1 N–H and O–H groups in total. The summed E-state index contributed by atoms with van der Waals surface area (Å²) >= 11 is 0. The largest absolute Gasteiger partial charge is 0.367 e. The number of nitrogens with zero attached hydrogens (tertiary/aromatic N) is 8. The van der Waals surface area contributed by atoms with E-state index in [0.29, 0.717) is 70.1 Å². The molecule has 1 aromatic carbocycles. The number of fused-ring (bicyclic) bond motifs is 1. The van der Waals surface area contributed by atoms with Crippen LogP contribution in [-0.4, -0.2) is 92.9 Å². The number of pyridine rings is 1. The second-order valence-corrected chi connectivity index (χ2v) is 11.3. The molecule has 0 spiro atoms. The van der Waals surface area contributed by atoms with E-state index in [1.54, 1.807) is 14.7 Å². The van der Waals surface area contributed by atoms with Crippen molar-refractivity contribution in [2.24, 2.45) is 0 Å². The molecule has 2 amide bonds. The Kier molecular flexibility index (Phi) is 9.30. The second kappa shape index (κ2) is 13.9. The summed E-state index contributed by atoms with van der Waals surface area (Å²) in [5, 5.41) is 12.1. The minimum atomic E-state index is -0.671. The van der Waals surface area contributed by atoms with Crippen molar-refractivity contribution < 1.29 is 23.1 Å². The minimum Gasteiger partial charge on any atom is -0.367 e. The van der Waals surface area contributed by atoms with Crippen molar-refractivity contribution in [3.63, 3.8) is 0 Å². The fourth-order valence-corrected chi connectivity index (χ4v) is 5.76. The lowest BCUT2D eigenvalue weighted by Crippen LogP contribution is -2.50. The van der Waals surface area contributed by atoms with Crippen LogP contribution < -0.4 is 10.2 Å². The summed E-state index contributed by atoms with van der Waals surface area (Å²) in [6, 6.07) is 14.0. The highest BCUT2D eigenvalue weighted by Crippen LogP contribution is 2.30. The fraction of sp³-hybridized carbons (Fsp3) is 0.375. The van der Waals surface area contributed by atoms with Gasteiger partial charge in [-0.05, 0) is 30.5 Å². The summed E-state index contributed by atoms with van der Waals surface area (Å²) in [6.07, 6.45) is 3.89. The molecule has 0 aliphatic carbocycles. The summed E-state index contributed by atoms with van der Waals surface area (Å²) < 4.78 is 37.6. The van der Waals surface area contributed by atoms with E-state index in [9.17, 15) is 14.0 Å². The maximum atomic E-state index is 16.2. The van der Waals surface area contributed by atoms with Gasteiger partial charge in [0.2, 0.25) is 17.6 Å². The van der Waals surface area contributed by atoms with Gasteiger partial charge in [0.05, 0.1) is 18.9 Å². The minimum absolute atomic E-state index is 0.0412. The Labute approximate surface area is 264 Å². The molecule has 238 valence electrons. The number of rotatable bonds is 9. The molecule has 0 bridgehead atoms. The molecule has 2 aliphatic heterocycles. The first-order valence-electron chi connectivity index (χ1n) is 15.2. The number of nitrogens with one attached hydrogen (secondary N) is 1. The number of aromatic nitrogens is 4. The maximum absolute atomic E-state index is 16.2. The number of hydrogen-bond acceptors (Lipinski definition) is 9. The van der Waals surface area contributed by atoms with Crippen molar-refractivity contribution in [3.05, 3.63) is 72.1 Å². The lowest BCUT2D eigenvalue weighted by Gasteiger charge is -2.36. The van der Waals surface area contributed by atoms with Gasteiger partial charge in [-0.25, -0.2) is 19.3 Å². The summed E-state index contributed by atoms with van der Waals surface area (Å²) in [5.41, 5.74) is 1.82. The van der Waals surface area contributed by atoms with Crippen LogP contribution in [-0.2, 0) is 20.9 Å². The van der Waals surface area contributed by atoms with Gasteiger partial charge in [0.15, 0.2) is 17.5 Å². The Morgan fingerprint density at radius 2 is 1.80 bits per heavy atom. The molecule has 12 nitrogen and oxygen atoms in total. The Morgan fingerprint density at radius 1 is 1.00 bits per heavy atom. The van der Waals surface area contributed by atoms with Crippen LogP contribution in [0.5, 0.6) is 0 Å². The third-order valence-corrected chi connectivity index (χ3v) is 8.15. The number of amides is 2. The lowest BCUT2D eigenvalue weighted by atomic mass is 10.1. The molecule has 5 heterocycles. The Hall–Kier alpha value is -5.16. The van der Waals surface area contributed by atoms with Gasteiger partial charge in [-0.15, -0.1) is 0 Å². The van der Waals surface area contributed by atoms with Crippen LogP contribution >= 0.6 is 0 Å². The van der Waals surface area contributed by atoms with Crippen molar-refractivity contribution in [1.82, 2.24) is 29.2 Å². The molecular weight excluding hydrogens is 596 g/mol. The van der Waals surface area contributed by atoms with Crippen LogP contribution in [0.25, 0.3) is 17.2 Å². The number of carbonyl (C=O) groups excluding carboxylic acids is 2. The van der Waals surface area contributed by atoms with Crippen LogP contribution in [0.3, 0.4) is 0 Å². The number of benzene rings is 1. The van der Waals surface area contributed by atoms with E-state index in [1.807, 2.05) is 36.4 Å². The Morgan fingerprint density at radius 3 is 2.59 bits per heavy atom. The van der Waals surface area contributed by atoms with Crippen LogP contribution in [0.15, 0.2) is 54.9 Å². The van der Waals surface area contributed by atoms with E-state index in [4.69, 9.17) is 10.00 Å². The van der Waals surface area contributed by atoms with Gasteiger partial charge in [0.1, 0.15) is 30.2 Å². The topological polar surface area (TPSA) is 132 Å². The van der Waals surface area contributed by atoms with Gasteiger partial charge in [0.25, 0.3) is 0 Å². The van der Waals surface area contributed by atoms with Crippen molar-refractivity contribution >= 4 is 29.1 Å². The molecule has 1 atom stereocenters. The van der Waals surface area contributed by atoms with E-state index in [-0.39, 0.29) is 48.3 Å². The highest BCUT2D eigenvalue weighted by atomic mass is 19.1. The van der Waals surface area contributed by atoms with E-state index < -0.39 is 11.6 Å². The molecule has 0 unspecified atom stereocenters. The van der Waals surface area contributed by atoms with E-state index in [2.05, 4.69) is 20.3 Å². The number of halogens is 2. The van der Waals surface area contributed by atoms with Crippen LogP contribution in [0.4, 0.5) is 20.4 Å². The predicted molar refractivity (Wildman–Crippen MR) is 164 cm³/mol. The Bertz CT molecular complexity index is 1750. The van der Waals surface area contributed by atoms with Crippen molar-refractivity contribution in [3.8, 4) is 17.6 Å². The lowest BCUT2D eigenvalue weighted by molar-refractivity contribution is -0.137. The zero-order valence-corrected chi connectivity index (χ0v) is 25.1. The smallest absolute Gasteiger partial charge is 0.248 e.